The minimum absolute atomic E-state index is 0.481. The Balaban J connectivity index is 1.88. The highest BCUT2D eigenvalue weighted by molar-refractivity contribution is 7.12. The smallest absolute Gasteiger partial charge is 0.346 e. The molecular weight excluding hydrogens is 250 g/mol. The molecule has 0 radical (unpaired) electrons. The van der Waals surface area contributed by atoms with Crippen LogP contribution in [0.4, 0.5) is 0 Å². The lowest BCUT2D eigenvalue weighted by Gasteiger charge is -2.31. The van der Waals surface area contributed by atoms with Gasteiger partial charge in [0.2, 0.25) is 0 Å². The number of hydrogen-bond acceptors (Lipinski definition) is 4. The quantitative estimate of drug-likeness (QED) is 0.891. The van der Waals surface area contributed by atoms with E-state index in [4.69, 9.17) is 9.84 Å². The highest BCUT2D eigenvalue weighted by Gasteiger charge is 2.21. The molecule has 0 aliphatic carbocycles. The Bertz CT molecular complexity index is 397. The van der Waals surface area contributed by atoms with Crippen LogP contribution in [0.25, 0.3) is 0 Å². The maximum absolute atomic E-state index is 11.0. The van der Waals surface area contributed by atoms with Gasteiger partial charge in [-0.25, -0.2) is 4.79 Å². The van der Waals surface area contributed by atoms with Crippen LogP contribution in [0.1, 0.15) is 28.1 Å². The van der Waals surface area contributed by atoms with Gasteiger partial charge in [-0.3, -0.25) is 4.90 Å². The number of thiophene rings is 1. The molecule has 1 aromatic rings. The second-order valence-corrected chi connectivity index (χ2v) is 5.67. The average Bonchev–Trinajstić information content (AvgIpc) is 2.80. The Morgan fingerprint density at radius 3 is 2.89 bits per heavy atom. The molecule has 1 aliphatic rings. The zero-order valence-corrected chi connectivity index (χ0v) is 11.4. The van der Waals surface area contributed by atoms with Crippen LogP contribution in [0, 0.1) is 5.92 Å². The summed E-state index contributed by atoms with van der Waals surface area (Å²) in [6, 6.07) is 1.93. The fourth-order valence-electron chi connectivity index (χ4n) is 2.44. The second kappa shape index (κ2) is 6.31. The van der Waals surface area contributed by atoms with Gasteiger partial charge in [0.05, 0.1) is 0 Å². The summed E-state index contributed by atoms with van der Waals surface area (Å²) in [5.41, 5.74) is 0.942. The van der Waals surface area contributed by atoms with Gasteiger partial charge < -0.3 is 9.84 Å². The van der Waals surface area contributed by atoms with Gasteiger partial charge in [0.15, 0.2) is 0 Å². The average molecular weight is 269 g/mol. The molecule has 1 saturated heterocycles. The molecule has 0 amide bonds. The summed E-state index contributed by atoms with van der Waals surface area (Å²) in [5, 5.41) is 10.9. The van der Waals surface area contributed by atoms with E-state index in [9.17, 15) is 4.79 Å². The van der Waals surface area contributed by atoms with Gasteiger partial charge in [-0.15, -0.1) is 11.3 Å². The van der Waals surface area contributed by atoms with Crippen molar-refractivity contribution in [2.75, 3.05) is 26.8 Å². The van der Waals surface area contributed by atoms with Crippen LogP contribution in [0.3, 0.4) is 0 Å². The number of carbonyl (C=O) groups is 1. The minimum atomic E-state index is -0.811. The first kappa shape index (κ1) is 13.5. The van der Waals surface area contributed by atoms with Crippen molar-refractivity contribution in [2.45, 2.75) is 19.4 Å². The van der Waals surface area contributed by atoms with Crippen molar-refractivity contribution in [1.82, 2.24) is 4.90 Å². The van der Waals surface area contributed by atoms with E-state index in [2.05, 4.69) is 4.90 Å². The maximum Gasteiger partial charge on any atom is 0.346 e. The van der Waals surface area contributed by atoms with Gasteiger partial charge in [0, 0.05) is 20.3 Å². The zero-order chi connectivity index (χ0) is 13.0. The number of carboxylic acids is 1. The predicted molar refractivity (Wildman–Crippen MR) is 71.2 cm³/mol. The summed E-state index contributed by atoms with van der Waals surface area (Å²) in [6.07, 6.45) is 2.28. The van der Waals surface area contributed by atoms with E-state index in [-0.39, 0.29) is 0 Å². The molecule has 0 bridgehead atoms. The van der Waals surface area contributed by atoms with Crippen molar-refractivity contribution in [3.05, 3.63) is 21.9 Å². The van der Waals surface area contributed by atoms with Crippen molar-refractivity contribution in [3.8, 4) is 0 Å². The van der Waals surface area contributed by atoms with Crippen LogP contribution in [-0.4, -0.2) is 42.8 Å². The molecule has 0 spiro atoms. The van der Waals surface area contributed by atoms with E-state index in [1.165, 1.54) is 11.3 Å². The molecule has 0 saturated carbocycles. The summed E-state index contributed by atoms with van der Waals surface area (Å²) in [5.74, 6) is -0.151. The highest BCUT2D eigenvalue weighted by atomic mass is 32.1. The first-order valence-corrected chi connectivity index (χ1v) is 7.09. The van der Waals surface area contributed by atoms with Gasteiger partial charge >= 0.3 is 5.97 Å². The van der Waals surface area contributed by atoms with Gasteiger partial charge in [-0.1, -0.05) is 0 Å². The molecule has 0 aromatic carbocycles. The lowest BCUT2D eigenvalue weighted by Crippen LogP contribution is -2.34. The van der Waals surface area contributed by atoms with E-state index < -0.39 is 5.97 Å². The number of hydrogen-bond donors (Lipinski definition) is 1. The first-order chi connectivity index (χ1) is 8.70. The fourth-order valence-corrected chi connectivity index (χ4v) is 3.19. The fraction of sp³-hybridized carbons (Fsp3) is 0.615. The number of ether oxygens (including phenoxy) is 1. The number of piperidine rings is 1. The number of nitrogens with zero attached hydrogens (tertiary/aromatic N) is 1. The number of rotatable bonds is 5. The molecule has 0 atom stereocenters. The zero-order valence-electron chi connectivity index (χ0n) is 10.6. The molecule has 2 rings (SSSR count). The SMILES string of the molecule is COCC1CCN(Cc2ccsc2C(=O)O)CC1. The topological polar surface area (TPSA) is 49.8 Å². The molecule has 1 N–H and O–H groups in total. The van der Waals surface area contributed by atoms with Crippen LogP contribution in [0.5, 0.6) is 0 Å². The van der Waals surface area contributed by atoms with Gasteiger partial charge in [0.25, 0.3) is 0 Å². The normalized spacial score (nSPS) is 18.1. The Hall–Kier alpha value is -0.910. The minimum Gasteiger partial charge on any atom is -0.477 e. The Morgan fingerprint density at radius 2 is 2.28 bits per heavy atom. The van der Waals surface area contributed by atoms with Crippen LogP contribution < -0.4 is 0 Å². The van der Waals surface area contributed by atoms with Crippen molar-refractivity contribution in [2.24, 2.45) is 5.92 Å². The van der Waals surface area contributed by atoms with Crippen LogP contribution in [-0.2, 0) is 11.3 Å². The van der Waals surface area contributed by atoms with E-state index in [0.717, 1.165) is 44.6 Å². The third kappa shape index (κ3) is 3.31. The largest absolute Gasteiger partial charge is 0.477 e. The summed E-state index contributed by atoms with van der Waals surface area (Å²) in [6.45, 7) is 3.66. The maximum atomic E-state index is 11.0. The van der Waals surface area contributed by atoms with Crippen molar-refractivity contribution in [1.29, 1.82) is 0 Å². The van der Waals surface area contributed by atoms with Gasteiger partial charge in [0.1, 0.15) is 4.88 Å². The number of carboxylic acid groups (broad SMARTS) is 1. The molecule has 5 heteroatoms. The van der Waals surface area contributed by atoms with E-state index >= 15 is 0 Å². The summed E-state index contributed by atoms with van der Waals surface area (Å²) in [7, 11) is 1.75. The van der Waals surface area contributed by atoms with Gasteiger partial charge in [-0.05, 0) is 48.9 Å². The number of likely N-dealkylation sites (tertiary alicyclic amines) is 1. The Morgan fingerprint density at radius 1 is 1.56 bits per heavy atom. The molecule has 2 heterocycles. The lowest BCUT2D eigenvalue weighted by molar-refractivity contribution is 0.0698. The van der Waals surface area contributed by atoms with Crippen molar-refractivity contribution >= 4 is 17.3 Å². The summed E-state index contributed by atoms with van der Waals surface area (Å²) < 4.78 is 5.18. The van der Waals surface area contributed by atoms with Crippen LogP contribution in [0.2, 0.25) is 0 Å². The third-order valence-corrected chi connectivity index (χ3v) is 4.39. The number of methoxy groups -OCH3 is 1. The van der Waals surface area contributed by atoms with E-state index in [0.29, 0.717) is 10.8 Å². The van der Waals surface area contributed by atoms with Crippen LogP contribution >= 0.6 is 11.3 Å². The monoisotopic (exact) mass is 269 g/mol. The Kier molecular flexibility index (Phi) is 4.74. The van der Waals surface area contributed by atoms with Crippen LogP contribution in [0.15, 0.2) is 11.4 Å². The molecule has 1 aromatic heterocycles. The molecule has 1 fully saturated rings. The van der Waals surface area contributed by atoms with E-state index in [1.54, 1.807) is 7.11 Å². The molecule has 4 nitrogen and oxygen atoms in total. The lowest BCUT2D eigenvalue weighted by atomic mass is 9.97. The molecule has 100 valence electrons. The molecule has 1 aliphatic heterocycles. The van der Waals surface area contributed by atoms with Crippen molar-refractivity contribution in [3.63, 3.8) is 0 Å². The van der Waals surface area contributed by atoms with Gasteiger partial charge in [-0.2, -0.15) is 0 Å². The second-order valence-electron chi connectivity index (χ2n) is 4.75. The molecule has 0 unspecified atom stereocenters. The summed E-state index contributed by atoms with van der Waals surface area (Å²) in [4.78, 5) is 13.9. The molecule has 18 heavy (non-hydrogen) atoms. The van der Waals surface area contributed by atoms with Crippen molar-refractivity contribution < 1.29 is 14.6 Å². The van der Waals surface area contributed by atoms with E-state index in [1.807, 2.05) is 11.4 Å². The number of aromatic carboxylic acids is 1. The predicted octanol–water partition coefficient (Wildman–Crippen LogP) is 2.30. The standard InChI is InChI=1S/C13H19NO3S/c1-17-9-10-2-5-14(6-3-10)8-11-4-7-18-12(11)13(15)16/h4,7,10H,2-3,5-6,8-9H2,1H3,(H,15,16). The molecular formula is C13H19NO3S. The first-order valence-electron chi connectivity index (χ1n) is 6.21. The Labute approximate surface area is 111 Å². The highest BCUT2D eigenvalue weighted by Crippen LogP contribution is 2.22. The third-order valence-electron chi connectivity index (χ3n) is 3.44. The summed E-state index contributed by atoms with van der Waals surface area (Å²) >= 11 is 1.31.